The van der Waals surface area contributed by atoms with Crippen LogP contribution in [-0.4, -0.2) is 47.2 Å². The summed E-state index contributed by atoms with van der Waals surface area (Å²) in [7, 11) is 0. The lowest BCUT2D eigenvalue weighted by atomic mass is 9.45. The van der Waals surface area contributed by atoms with Crippen molar-refractivity contribution in [2.24, 2.45) is 23.2 Å². The van der Waals surface area contributed by atoms with Crippen LogP contribution < -0.4 is 5.32 Å². The Bertz CT molecular complexity index is 899. The minimum absolute atomic E-state index is 0.575. The summed E-state index contributed by atoms with van der Waals surface area (Å²) in [5.74, 6) is 4.85. The van der Waals surface area contributed by atoms with E-state index in [0.29, 0.717) is 17.4 Å². The van der Waals surface area contributed by atoms with Gasteiger partial charge in [0, 0.05) is 38.1 Å². The summed E-state index contributed by atoms with van der Waals surface area (Å²) in [6.45, 7) is 11.1. The van der Waals surface area contributed by atoms with Crippen LogP contribution in [0.5, 0.6) is 0 Å². The number of hydrogen-bond donors (Lipinski definition) is 1. The van der Waals surface area contributed by atoms with Crippen molar-refractivity contribution < 1.29 is 0 Å². The summed E-state index contributed by atoms with van der Waals surface area (Å²) in [5.41, 5.74) is 3.15. The average Bonchev–Trinajstić information content (AvgIpc) is 3.42. The third kappa shape index (κ3) is 3.05. The predicted molar refractivity (Wildman–Crippen MR) is 123 cm³/mol. The molecule has 4 heteroatoms. The first-order valence-corrected chi connectivity index (χ1v) is 12.5. The van der Waals surface area contributed by atoms with E-state index in [1.54, 1.807) is 0 Å². The smallest absolute Gasteiger partial charge is 0.114 e. The van der Waals surface area contributed by atoms with E-state index in [0.717, 1.165) is 30.8 Å². The van der Waals surface area contributed by atoms with Gasteiger partial charge in [-0.3, -0.25) is 0 Å². The summed E-state index contributed by atoms with van der Waals surface area (Å²) in [5, 5.41) is 3.55. The normalized spacial score (nSPS) is 34.3. The quantitative estimate of drug-likeness (QED) is 0.790. The largest absolute Gasteiger partial charge is 0.324 e. The number of para-hydroxylation sites is 2. The molecule has 0 unspecified atom stereocenters. The van der Waals surface area contributed by atoms with Crippen LogP contribution in [0.4, 0.5) is 0 Å². The third-order valence-corrected chi connectivity index (χ3v) is 9.46. The van der Waals surface area contributed by atoms with E-state index in [2.05, 4.69) is 52.9 Å². The maximum Gasteiger partial charge on any atom is 0.114 e. The molecule has 1 aromatic carbocycles. The molecule has 0 spiro atoms. The fourth-order valence-electron chi connectivity index (χ4n) is 7.48. The van der Waals surface area contributed by atoms with Crippen LogP contribution in [0.2, 0.25) is 0 Å². The highest BCUT2D eigenvalue weighted by atomic mass is 15.2. The van der Waals surface area contributed by atoms with Gasteiger partial charge in [0.25, 0.3) is 0 Å². The Hall–Kier alpha value is -1.39. The van der Waals surface area contributed by atoms with Crippen LogP contribution in [0.3, 0.4) is 0 Å². The van der Waals surface area contributed by atoms with Crippen molar-refractivity contribution >= 4 is 11.0 Å². The van der Waals surface area contributed by atoms with Crippen LogP contribution in [-0.2, 0) is 0 Å². The van der Waals surface area contributed by atoms with Gasteiger partial charge in [0.2, 0.25) is 0 Å². The molecule has 7 rings (SSSR count). The van der Waals surface area contributed by atoms with Gasteiger partial charge in [-0.1, -0.05) is 26.0 Å². The third-order valence-electron chi connectivity index (χ3n) is 9.46. The number of fused-ring (bicyclic) bond motifs is 3. The van der Waals surface area contributed by atoms with Crippen molar-refractivity contribution in [3.05, 3.63) is 30.1 Å². The molecule has 2 saturated heterocycles. The average molecular weight is 407 g/mol. The van der Waals surface area contributed by atoms with Gasteiger partial charge in [0.05, 0.1) is 11.0 Å². The van der Waals surface area contributed by atoms with E-state index in [4.69, 9.17) is 4.98 Å². The van der Waals surface area contributed by atoms with Crippen molar-refractivity contribution in [3.63, 3.8) is 0 Å². The van der Waals surface area contributed by atoms with Gasteiger partial charge in [0.15, 0.2) is 0 Å². The van der Waals surface area contributed by atoms with E-state index >= 15 is 0 Å². The Morgan fingerprint density at radius 3 is 2.63 bits per heavy atom. The van der Waals surface area contributed by atoms with Gasteiger partial charge < -0.3 is 14.8 Å². The van der Waals surface area contributed by atoms with Gasteiger partial charge in [-0.05, 0) is 80.4 Å². The summed E-state index contributed by atoms with van der Waals surface area (Å²) < 4.78 is 2.64. The van der Waals surface area contributed by atoms with Gasteiger partial charge in [0.1, 0.15) is 5.82 Å². The molecular weight excluding hydrogens is 368 g/mol. The molecule has 1 aromatic heterocycles. The molecule has 4 nitrogen and oxygen atoms in total. The van der Waals surface area contributed by atoms with Crippen molar-refractivity contribution in [2.75, 3.05) is 32.7 Å². The minimum atomic E-state index is 0.575. The lowest BCUT2D eigenvalue weighted by Gasteiger charge is -2.61. The van der Waals surface area contributed by atoms with Gasteiger partial charge in [-0.25, -0.2) is 4.98 Å². The minimum Gasteiger partial charge on any atom is -0.324 e. The number of nitrogens with zero attached hydrogens (tertiary/aromatic N) is 3. The Labute approximate surface area is 181 Å². The van der Waals surface area contributed by atoms with Crippen molar-refractivity contribution in [1.29, 1.82) is 0 Å². The number of piperidine rings is 1. The van der Waals surface area contributed by atoms with E-state index in [1.165, 1.54) is 75.0 Å². The first kappa shape index (κ1) is 19.3. The van der Waals surface area contributed by atoms with Crippen LogP contribution in [0.1, 0.15) is 70.2 Å². The molecule has 162 valence electrons. The van der Waals surface area contributed by atoms with Crippen molar-refractivity contribution in [2.45, 2.75) is 64.3 Å². The first-order chi connectivity index (χ1) is 14.6. The van der Waals surface area contributed by atoms with Crippen LogP contribution in [0.15, 0.2) is 24.3 Å². The molecule has 2 aliphatic heterocycles. The van der Waals surface area contributed by atoms with Crippen LogP contribution >= 0.6 is 0 Å². The molecule has 1 N–H and O–H groups in total. The Morgan fingerprint density at radius 2 is 1.90 bits per heavy atom. The zero-order valence-electron chi connectivity index (χ0n) is 18.8. The highest BCUT2D eigenvalue weighted by molar-refractivity contribution is 5.76. The highest BCUT2D eigenvalue weighted by Crippen LogP contribution is 2.61. The van der Waals surface area contributed by atoms with Crippen molar-refractivity contribution in [1.82, 2.24) is 19.8 Å². The molecule has 4 atom stereocenters. The molecule has 2 aromatic rings. The number of aromatic nitrogens is 2. The second kappa shape index (κ2) is 7.34. The van der Waals surface area contributed by atoms with E-state index in [-0.39, 0.29) is 0 Å². The highest BCUT2D eigenvalue weighted by Gasteiger charge is 2.54. The SMILES string of the molecule is CC1(C)[C@H]2CC[C@@H](CN3CCC(n4c([C@H]5CCNC5)nc5ccccc54)CC3)[C@H]1C2. The maximum absolute atomic E-state index is 5.12. The first-order valence-electron chi connectivity index (χ1n) is 12.5. The molecule has 0 radical (unpaired) electrons. The Balaban J connectivity index is 1.17. The van der Waals surface area contributed by atoms with Crippen LogP contribution in [0, 0.1) is 23.2 Å². The standard InChI is InChI=1S/C26H38N4/c1-26(2)20-8-7-19(22(26)15-20)17-29-13-10-21(11-14-29)30-24-6-4-3-5-23(24)28-25(30)18-9-12-27-16-18/h3-6,18-22,27H,7-17H2,1-2H3/t18-,19-,20-,22+/m0/s1. The number of imidazole rings is 1. The van der Waals surface area contributed by atoms with Crippen LogP contribution in [0.25, 0.3) is 11.0 Å². The van der Waals surface area contributed by atoms with E-state index in [9.17, 15) is 0 Å². The molecular formula is C26H38N4. The van der Waals surface area contributed by atoms with Gasteiger partial charge >= 0.3 is 0 Å². The second-order valence-electron chi connectivity index (χ2n) is 11.2. The molecule has 2 bridgehead atoms. The van der Waals surface area contributed by atoms with Gasteiger partial charge in [-0.15, -0.1) is 0 Å². The van der Waals surface area contributed by atoms with Crippen molar-refractivity contribution in [3.8, 4) is 0 Å². The predicted octanol–water partition coefficient (Wildman–Crippen LogP) is 4.82. The molecule has 30 heavy (non-hydrogen) atoms. The summed E-state index contributed by atoms with van der Waals surface area (Å²) >= 11 is 0. The number of likely N-dealkylation sites (tertiary alicyclic amines) is 1. The monoisotopic (exact) mass is 406 g/mol. The number of hydrogen-bond acceptors (Lipinski definition) is 3. The molecule has 5 aliphatic rings. The topological polar surface area (TPSA) is 33.1 Å². The maximum atomic E-state index is 5.12. The summed E-state index contributed by atoms with van der Waals surface area (Å²) in [6, 6.07) is 9.42. The molecule has 5 fully saturated rings. The molecule has 3 heterocycles. The fourth-order valence-corrected chi connectivity index (χ4v) is 7.48. The number of nitrogens with one attached hydrogen (secondary N) is 1. The van der Waals surface area contributed by atoms with E-state index in [1.807, 2.05) is 0 Å². The lowest BCUT2D eigenvalue weighted by Crippen LogP contribution is -2.55. The Kier molecular flexibility index (Phi) is 4.72. The zero-order valence-corrected chi connectivity index (χ0v) is 18.8. The second-order valence-corrected chi connectivity index (χ2v) is 11.2. The molecule has 3 aliphatic carbocycles. The van der Waals surface area contributed by atoms with Gasteiger partial charge in [-0.2, -0.15) is 0 Å². The summed E-state index contributed by atoms with van der Waals surface area (Å²) in [6.07, 6.45) is 8.23. The Morgan fingerprint density at radius 1 is 1.07 bits per heavy atom. The molecule has 0 amide bonds. The molecule has 3 saturated carbocycles. The number of benzene rings is 1. The summed E-state index contributed by atoms with van der Waals surface area (Å²) in [4.78, 5) is 7.92. The number of rotatable bonds is 4. The van der Waals surface area contributed by atoms with E-state index < -0.39 is 0 Å². The zero-order chi connectivity index (χ0) is 20.3. The fraction of sp³-hybridized carbons (Fsp3) is 0.731. The lowest BCUT2D eigenvalue weighted by molar-refractivity contribution is -0.112.